The largest absolute Gasteiger partial charge is 0.483 e. The minimum absolute atomic E-state index is 0.100. The number of nitrogens with one attached hydrogen (secondary N) is 1. The van der Waals surface area contributed by atoms with Crippen LogP contribution < -0.4 is 10.2 Å². The molecule has 0 radical (unpaired) electrons. The van der Waals surface area contributed by atoms with Crippen LogP contribution in [0.5, 0.6) is 5.75 Å². The smallest absolute Gasteiger partial charge is 0.277 e. The lowest BCUT2D eigenvalue weighted by Gasteiger charge is -2.08. The summed E-state index contributed by atoms with van der Waals surface area (Å²) in [5.74, 6) is 0.310. The van der Waals surface area contributed by atoms with Gasteiger partial charge in [-0.25, -0.2) is 5.43 Å². The lowest BCUT2D eigenvalue weighted by atomic mass is 10.1. The Morgan fingerprint density at radius 1 is 1.22 bits per heavy atom. The Bertz CT molecular complexity index is 745. The number of hydrazone groups is 1. The first-order valence-electron chi connectivity index (χ1n) is 6.94. The highest BCUT2D eigenvalue weighted by molar-refractivity contribution is 9.10. The van der Waals surface area contributed by atoms with Gasteiger partial charge in [0.2, 0.25) is 0 Å². The Balaban J connectivity index is 1.90. The minimum Gasteiger partial charge on any atom is -0.483 e. The Morgan fingerprint density at radius 2 is 2.00 bits per heavy atom. The molecule has 2 aromatic carbocycles. The van der Waals surface area contributed by atoms with E-state index in [0.29, 0.717) is 5.75 Å². The zero-order valence-corrected chi connectivity index (χ0v) is 15.9. The van der Waals surface area contributed by atoms with Gasteiger partial charge < -0.3 is 4.74 Å². The fraction of sp³-hybridized carbons (Fsp3) is 0.176. The fourth-order valence-electron chi connectivity index (χ4n) is 1.82. The van der Waals surface area contributed by atoms with Gasteiger partial charge in [-0.1, -0.05) is 34.1 Å². The molecule has 2 aromatic rings. The molecule has 1 amide bonds. The van der Waals surface area contributed by atoms with Crippen molar-refractivity contribution in [3.8, 4) is 5.75 Å². The summed E-state index contributed by atoms with van der Waals surface area (Å²) < 4.78 is 7.26. The van der Waals surface area contributed by atoms with Crippen LogP contribution in [0.1, 0.15) is 18.1 Å². The number of benzene rings is 2. The zero-order valence-electron chi connectivity index (χ0n) is 12.8. The normalized spacial score (nSPS) is 11.2. The lowest BCUT2D eigenvalue weighted by molar-refractivity contribution is -0.123. The summed E-state index contributed by atoms with van der Waals surface area (Å²) in [6.45, 7) is 3.72. The van der Waals surface area contributed by atoms with Gasteiger partial charge in [-0.2, -0.15) is 5.10 Å². The predicted octanol–water partition coefficient (Wildman–Crippen LogP) is 4.44. The van der Waals surface area contributed by atoms with E-state index in [-0.39, 0.29) is 12.5 Å². The molecule has 0 spiro atoms. The Hall–Kier alpha value is -1.66. The summed E-state index contributed by atoms with van der Waals surface area (Å²) in [5.41, 5.74) is 5.26. The Labute approximate surface area is 152 Å². The van der Waals surface area contributed by atoms with Crippen molar-refractivity contribution in [1.29, 1.82) is 0 Å². The first kappa shape index (κ1) is 17.7. The third-order valence-corrected chi connectivity index (χ3v) is 4.15. The number of hydrogen-bond donors (Lipinski definition) is 1. The van der Waals surface area contributed by atoms with Crippen LogP contribution in [0.2, 0.25) is 0 Å². The molecule has 0 aliphatic carbocycles. The molecule has 0 bridgehead atoms. The number of halogens is 2. The number of hydrogen-bond acceptors (Lipinski definition) is 3. The van der Waals surface area contributed by atoms with Crippen molar-refractivity contribution >= 4 is 43.5 Å². The van der Waals surface area contributed by atoms with E-state index >= 15 is 0 Å². The Morgan fingerprint density at radius 3 is 2.70 bits per heavy atom. The number of carbonyl (C=O) groups is 1. The molecule has 6 heteroatoms. The van der Waals surface area contributed by atoms with Gasteiger partial charge in [0, 0.05) is 4.47 Å². The number of carbonyl (C=O) groups excluding carboxylic acids is 1. The van der Waals surface area contributed by atoms with Crippen LogP contribution in [0.15, 0.2) is 56.5 Å². The van der Waals surface area contributed by atoms with Gasteiger partial charge in [0.15, 0.2) is 6.61 Å². The van der Waals surface area contributed by atoms with Crippen molar-refractivity contribution in [3.05, 3.63) is 62.5 Å². The molecular weight excluding hydrogens is 424 g/mol. The number of rotatable bonds is 5. The van der Waals surface area contributed by atoms with Crippen molar-refractivity contribution in [2.75, 3.05) is 6.61 Å². The van der Waals surface area contributed by atoms with Crippen molar-refractivity contribution in [2.24, 2.45) is 5.10 Å². The lowest BCUT2D eigenvalue weighted by Crippen LogP contribution is -2.25. The van der Waals surface area contributed by atoms with Crippen molar-refractivity contribution in [1.82, 2.24) is 5.43 Å². The van der Waals surface area contributed by atoms with Gasteiger partial charge in [-0.3, -0.25) is 4.79 Å². The minimum atomic E-state index is -0.313. The van der Waals surface area contributed by atoms with Gasteiger partial charge in [0.25, 0.3) is 5.91 Å². The second-order valence-electron chi connectivity index (χ2n) is 4.97. The average Bonchev–Trinajstić information content (AvgIpc) is 2.51. The van der Waals surface area contributed by atoms with Crippen LogP contribution in [0.25, 0.3) is 0 Å². The van der Waals surface area contributed by atoms with Crippen LogP contribution in [0.4, 0.5) is 0 Å². The molecule has 4 nitrogen and oxygen atoms in total. The standard InChI is InChI=1S/C17H16Br2N2O2/c1-11-6-7-16(15(19)8-11)23-10-17(22)21-20-12(2)13-4-3-5-14(18)9-13/h3-9H,10H2,1-2H3,(H,21,22)/b20-12+. The van der Waals surface area contributed by atoms with E-state index in [0.717, 1.165) is 25.8 Å². The molecule has 0 unspecified atom stereocenters. The molecule has 2 rings (SSSR count). The van der Waals surface area contributed by atoms with E-state index < -0.39 is 0 Å². The molecule has 0 aliphatic rings. The molecule has 0 aromatic heterocycles. The predicted molar refractivity (Wildman–Crippen MR) is 98.9 cm³/mol. The van der Waals surface area contributed by atoms with Crippen molar-refractivity contribution in [3.63, 3.8) is 0 Å². The molecule has 0 atom stereocenters. The SMILES string of the molecule is C/C(=N\NC(=O)COc1ccc(C)cc1Br)c1cccc(Br)c1. The molecule has 0 fully saturated rings. The Kier molecular flexibility index (Phi) is 6.36. The molecule has 0 saturated heterocycles. The van der Waals surface area contributed by atoms with E-state index in [4.69, 9.17) is 4.74 Å². The van der Waals surface area contributed by atoms with Gasteiger partial charge in [0.05, 0.1) is 10.2 Å². The topological polar surface area (TPSA) is 50.7 Å². The maximum Gasteiger partial charge on any atom is 0.277 e. The van der Waals surface area contributed by atoms with Crippen LogP contribution in [0, 0.1) is 6.92 Å². The number of amides is 1. The molecule has 0 saturated carbocycles. The van der Waals surface area contributed by atoms with Crippen molar-refractivity contribution in [2.45, 2.75) is 13.8 Å². The molecular formula is C17H16Br2N2O2. The summed E-state index contributed by atoms with van der Waals surface area (Å²) >= 11 is 6.81. The molecule has 1 N–H and O–H groups in total. The second kappa shape index (κ2) is 8.26. The highest BCUT2D eigenvalue weighted by Crippen LogP contribution is 2.25. The number of ether oxygens (including phenoxy) is 1. The van der Waals surface area contributed by atoms with E-state index in [9.17, 15) is 4.79 Å². The summed E-state index contributed by atoms with van der Waals surface area (Å²) in [7, 11) is 0. The first-order valence-corrected chi connectivity index (χ1v) is 8.52. The average molecular weight is 440 g/mol. The summed E-state index contributed by atoms with van der Waals surface area (Å²) in [6, 6.07) is 13.4. The van der Waals surface area contributed by atoms with Gasteiger partial charge >= 0.3 is 0 Å². The van der Waals surface area contributed by atoms with Gasteiger partial charge in [-0.15, -0.1) is 0 Å². The van der Waals surface area contributed by atoms with E-state index in [1.807, 2.05) is 56.3 Å². The highest BCUT2D eigenvalue weighted by atomic mass is 79.9. The molecule has 120 valence electrons. The van der Waals surface area contributed by atoms with Crippen LogP contribution in [0.3, 0.4) is 0 Å². The quantitative estimate of drug-likeness (QED) is 0.553. The summed E-state index contributed by atoms with van der Waals surface area (Å²) in [4.78, 5) is 11.8. The third kappa shape index (κ3) is 5.48. The van der Waals surface area contributed by atoms with Crippen molar-refractivity contribution < 1.29 is 9.53 Å². The van der Waals surface area contributed by atoms with Crippen LogP contribution in [-0.4, -0.2) is 18.2 Å². The maximum atomic E-state index is 11.8. The number of nitrogens with zero attached hydrogens (tertiary/aromatic N) is 1. The van der Waals surface area contributed by atoms with Gasteiger partial charge in [0.1, 0.15) is 5.75 Å². The van der Waals surface area contributed by atoms with E-state index in [2.05, 4.69) is 42.4 Å². The second-order valence-corrected chi connectivity index (χ2v) is 6.74. The monoisotopic (exact) mass is 438 g/mol. The fourth-order valence-corrected chi connectivity index (χ4v) is 2.83. The van der Waals surface area contributed by atoms with Crippen LogP contribution in [-0.2, 0) is 4.79 Å². The highest BCUT2D eigenvalue weighted by Gasteiger charge is 2.06. The number of aryl methyl sites for hydroxylation is 1. The summed E-state index contributed by atoms with van der Waals surface area (Å²) in [5, 5.41) is 4.09. The third-order valence-electron chi connectivity index (χ3n) is 3.04. The van der Waals surface area contributed by atoms with Gasteiger partial charge in [-0.05, 0) is 65.2 Å². The molecule has 0 heterocycles. The molecule has 23 heavy (non-hydrogen) atoms. The van der Waals surface area contributed by atoms with Crippen LogP contribution >= 0.6 is 31.9 Å². The maximum absolute atomic E-state index is 11.8. The molecule has 0 aliphatic heterocycles. The van der Waals surface area contributed by atoms with E-state index in [1.54, 1.807) is 0 Å². The zero-order chi connectivity index (χ0) is 16.8. The summed E-state index contributed by atoms with van der Waals surface area (Å²) in [6.07, 6.45) is 0. The van der Waals surface area contributed by atoms with E-state index in [1.165, 1.54) is 0 Å². The first-order chi connectivity index (χ1) is 11.0.